The van der Waals surface area contributed by atoms with E-state index in [0.717, 1.165) is 25.9 Å². The Hall–Kier alpha value is -1.10. The summed E-state index contributed by atoms with van der Waals surface area (Å²) in [6.07, 6.45) is 2.39. The van der Waals surface area contributed by atoms with Crippen LogP contribution in [-0.4, -0.2) is 42.4 Å². The van der Waals surface area contributed by atoms with Crippen molar-refractivity contribution in [3.05, 3.63) is 0 Å². The molecule has 0 aromatic rings. The van der Waals surface area contributed by atoms with Crippen molar-refractivity contribution in [1.82, 2.24) is 10.2 Å². The lowest BCUT2D eigenvalue weighted by atomic mass is 9.85. The second-order valence-electron chi connectivity index (χ2n) is 6.04. The number of nitrogens with one attached hydrogen (secondary N) is 1. The van der Waals surface area contributed by atoms with Gasteiger partial charge in [0, 0.05) is 25.6 Å². The van der Waals surface area contributed by atoms with E-state index in [1.165, 1.54) is 0 Å². The van der Waals surface area contributed by atoms with Crippen molar-refractivity contribution in [2.24, 2.45) is 11.1 Å². The van der Waals surface area contributed by atoms with Crippen molar-refractivity contribution in [3.8, 4) is 0 Å². The summed E-state index contributed by atoms with van der Waals surface area (Å²) < 4.78 is 0. The van der Waals surface area contributed by atoms with Crippen LogP contribution in [0.4, 0.5) is 0 Å². The minimum absolute atomic E-state index is 0.00480. The Morgan fingerprint density at radius 3 is 2.33 bits per heavy atom. The molecule has 1 atom stereocenters. The third-order valence-electron chi connectivity index (χ3n) is 3.41. The van der Waals surface area contributed by atoms with E-state index >= 15 is 0 Å². The van der Waals surface area contributed by atoms with Crippen LogP contribution in [0.1, 0.15) is 40.0 Å². The van der Waals surface area contributed by atoms with Crippen molar-refractivity contribution < 1.29 is 9.59 Å². The molecule has 0 saturated carbocycles. The van der Waals surface area contributed by atoms with Crippen molar-refractivity contribution in [1.29, 1.82) is 0 Å². The highest BCUT2D eigenvalue weighted by atomic mass is 16.2. The smallest absolute Gasteiger partial charge is 0.241 e. The minimum atomic E-state index is -0.195. The molecule has 1 fully saturated rings. The summed E-state index contributed by atoms with van der Waals surface area (Å²) >= 11 is 0. The molecule has 0 radical (unpaired) electrons. The molecule has 3 N–H and O–H groups in total. The number of hydrogen-bond donors (Lipinski definition) is 2. The van der Waals surface area contributed by atoms with Crippen LogP contribution in [0.2, 0.25) is 0 Å². The molecule has 0 bridgehead atoms. The standard InChI is InChI=1S/C13H25N3O2/c1-13(2,3)10(14)8-11(17)15-9-12(18)16-6-4-5-7-16/h10H,4-9,14H2,1-3H3,(H,15,17). The van der Waals surface area contributed by atoms with E-state index in [4.69, 9.17) is 5.73 Å². The molecule has 0 aromatic heterocycles. The maximum atomic E-state index is 11.7. The number of nitrogens with two attached hydrogens (primary N) is 1. The van der Waals surface area contributed by atoms with Gasteiger partial charge in [-0.2, -0.15) is 0 Å². The number of rotatable bonds is 4. The first-order chi connectivity index (χ1) is 8.30. The first kappa shape index (κ1) is 15.0. The fourth-order valence-electron chi connectivity index (χ4n) is 1.83. The Morgan fingerprint density at radius 2 is 1.83 bits per heavy atom. The Balaban J connectivity index is 2.26. The van der Waals surface area contributed by atoms with Gasteiger partial charge in [-0.1, -0.05) is 20.8 Å². The van der Waals surface area contributed by atoms with E-state index in [1.807, 2.05) is 20.8 Å². The Labute approximate surface area is 109 Å². The van der Waals surface area contributed by atoms with Crippen LogP contribution in [0.15, 0.2) is 0 Å². The molecule has 104 valence electrons. The van der Waals surface area contributed by atoms with E-state index in [1.54, 1.807) is 4.90 Å². The zero-order valence-electron chi connectivity index (χ0n) is 11.7. The summed E-state index contributed by atoms with van der Waals surface area (Å²) in [5.74, 6) is -0.143. The van der Waals surface area contributed by atoms with Gasteiger partial charge < -0.3 is 16.0 Å². The quantitative estimate of drug-likeness (QED) is 0.767. The van der Waals surface area contributed by atoms with E-state index in [9.17, 15) is 9.59 Å². The van der Waals surface area contributed by atoms with Gasteiger partial charge in [-0.25, -0.2) is 0 Å². The second kappa shape index (κ2) is 6.18. The lowest BCUT2D eigenvalue weighted by Gasteiger charge is -2.26. The van der Waals surface area contributed by atoms with Gasteiger partial charge in [0.1, 0.15) is 0 Å². The SMILES string of the molecule is CC(C)(C)C(N)CC(=O)NCC(=O)N1CCCC1. The highest BCUT2D eigenvalue weighted by Crippen LogP contribution is 2.19. The van der Waals surface area contributed by atoms with E-state index in [-0.39, 0.29) is 36.2 Å². The molecule has 5 nitrogen and oxygen atoms in total. The maximum absolute atomic E-state index is 11.7. The Morgan fingerprint density at radius 1 is 1.28 bits per heavy atom. The number of hydrogen-bond acceptors (Lipinski definition) is 3. The largest absolute Gasteiger partial charge is 0.347 e. The van der Waals surface area contributed by atoms with E-state index in [2.05, 4.69) is 5.32 Å². The van der Waals surface area contributed by atoms with Crippen LogP contribution < -0.4 is 11.1 Å². The van der Waals surface area contributed by atoms with E-state index in [0.29, 0.717) is 0 Å². The molecule has 1 rings (SSSR count). The maximum Gasteiger partial charge on any atom is 0.241 e. The van der Waals surface area contributed by atoms with Crippen LogP contribution in [0.3, 0.4) is 0 Å². The molecule has 0 spiro atoms. The fraction of sp³-hybridized carbons (Fsp3) is 0.846. The molecule has 1 aliphatic rings. The highest BCUT2D eigenvalue weighted by molar-refractivity contribution is 5.85. The summed E-state index contributed by atoms with van der Waals surface area (Å²) in [6.45, 7) is 7.73. The monoisotopic (exact) mass is 255 g/mol. The molecule has 2 amide bonds. The predicted molar refractivity (Wildman–Crippen MR) is 70.9 cm³/mol. The second-order valence-corrected chi connectivity index (χ2v) is 6.04. The molecular weight excluding hydrogens is 230 g/mol. The number of nitrogens with zero attached hydrogens (tertiary/aromatic N) is 1. The number of carbonyl (C=O) groups is 2. The Kier molecular flexibility index (Phi) is 5.14. The Bertz CT molecular complexity index is 304. The zero-order chi connectivity index (χ0) is 13.8. The molecule has 1 unspecified atom stereocenters. The summed E-state index contributed by atoms with van der Waals surface area (Å²) in [6, 6.07) is -0.195. The third kappa shape index (κ3) is 4.64. The number of amides is 2. The normalized spacial score (nSPS) is 17.7. The molecule has 1 heterocycles. The molecule has 1 aliphatic heterocycles. The average molecular weight is 255 g/mol. The lowest BCUT2D eigenvalue weighted by Crippen LogP contribution is -2.43. The van der Waals surface area contributed by atoms with Gasteiger partial charge in [0.05, 0.1) is 6.54 Å². The van der Waals surface area contributed by atoms with Crippen molar-refractivity contribution >= 4 is 11.8 Å². The van der Waals surface area contributed by atoms with Crippen LogP contribution in [0, 0.1) is 5.41 Å². The topological polar surface area (TPSA) is 75.4 Å². The van der Waals surface area contributed by atoms with Crippen LogP contribution in [0.5, 0.6) is 0 Å². The van der Waals surface area contributed by atoms with Crippen molar-refractivity contribution in [2.75, 3.05) is 19.6 Å². The number of carbonyl (C=O) groups excluding carboxylic acids is 2. The van der Waals surface area contributed by atoms with Gasteiger partial charge in [0.2, 0.25) is 11.8 Å². The van der Waals surface area contributed by atoms with Gasteiger partial charge in [-0.05, 0) is 18.3 Å². The molecule has 5 heteroatoms. The summed E-state index contributed by atoms with van der Waals surface area (Å²) in [7, 11) is 0. The zero-order valence-corrected chi connectivity index (χ0v) is 11.7. The third-order valence-corrected chi connectivity index (χ3v) is 3.41. The lowest BCUT2D eigenvalue weighted by molar-refractivity contribution is -0.132. The molecule has 0 aromatic carbocycles. The van der Waals surface area contributed by atoms with Crippen molar-refractivity contribution in [2.45, 2.75) is 46.1 Å². The van der Waals surface area contributed by atoms with Gasteiger partial charge in [-0.3, -0.25) is 9.59 Å². The first-order valence-corrected chi connectivity index (χ1v) is 6.61. The molecular formula is C13H25N3O2. The van der Waals surface area contributed by atoms with Gasteiger partial charge >= 0.3 is 0 Å². The summed E-state index contributed by atoms with van der Waals surface area (Å²) in [5.41, 5.74) is 5.82. The van der Waals surface area contributed by atoms with Gasteiger partial charge in [0.25, 0.3) is 0 Å². The van der Waals surface area contributed by atoms with Crippen molar-refractivity contribution in [3.63, 3.8) is 0 Å². The van der Waals surface area contributed by atoms with E-state index < -0.39 is 0 Å². The van der Waals surface area contributed by atoms with Gasteiger partial charge in [0.15, 0.2) is 0 Å². The average Bonchev–Trinajstić information content (AvgIpc) is 2.77. The summed E-state index contributed by atoms with van der Waals surface area (Å²) in [4.78, 5) is 25.2. The van der Waals surface area contributed by atoms with Crippen LogP contribution >= 0.6 is 0 Å². The summed E-state index contributed by atoms with van der Waals surface area (Å²) in [5, 5.41) is 2.65. The predicted octanol–water partition coefficient (Wildman–Crippen LogP) is 0.489. The minimum Gasteiger partial charge on any atom is -0.347 e. The number of likely N-dealkylation sites (tertiary alicyclic amines) is 1. The fourth-order valence-corrected chi connectivity index (χ4v) is 1.83. The first-order valence-electron chi connectivity index (χ1n) is 6.61. The van der Waals surface area contributed by atoms with Crippen LogP contribution in [0.25, 0.3) is 0 Å². The molecule has 18 heavy (non-hydrogen) atoms. The van der Waals surface area contributed by atoms with Gasteiger partial charge in [-0.15, -0.1) is 0 Å². The highest BCUT2D eigenvalue weighted by Gasteiger charge is 2.24. The molecule has 0 aliphatic carbocycles. The molecule has 1 saturated heterocycles. The van der Waals surface area contributed by atoms with Crippen LogP contribution in [-0.2, 0) is 9.59 Å².